The lowest BCUT2D eigenvalue weighted by atomic mass is 10.1. The quantitative estimate of drug-likeness (QED) is 0.143. The molecular formula is C29H46N2O10. The summed E-state index contributed by atoms with van der Waals surface area (Å²) in [6.07, 6.45) is 1.19. The highest BCUT2D eigenvalue weighted by Gasteiger charge is 2.22. The molecule has 0 aromatic heterocycles. The lowest BCUT2D eigenvalue weighted by Gasteiger charge is -2.22. The molecule has 0 unspecified atom stereocenters. The molecule has 0 heterocycles. The molecule has 0 saturated carbocycles. The van der Waals surface area contributed by atoms with E-state index in [0.29, 0.717) is 32.6 Å². The third-order valence-electron chi connectivity index (χ3n) is 5.17. The van der Waals surface area contributed by atoms with E-state index in [1.807, 2.05) is 30.3 Å². The van der Waals surface area contributed by atoms with Crippen LogP contribution < -0.4 is 11.1 Å². The molecule has 41 heavy (non-hydrogen) atoms. The SMILES string of the molecule is CC(C)(C)OC(=O)[C@@H](N)CCC(=O)NCCOCCOCC(=O)CCCOCCOCC(=O)OCc1ccccc1. The van der Waals surface area contributed by atoms with Crippen molar-refractivity contribution in [2.45, 2.75) is 64.7 Å². The Morgan fingerprint density at radius 3 is 2.15 bits per heavy atom. The summed E-state index contributed by atoms with van der Waals surface area (Å²) in [6.45, 7) is 7.42. The van der Waals surface area contributed by atoms with Gasteiger partial charge in [0.15, 0.2) is 5.78 Å². The van der Waals surface area contributed by atoms with Crippen molar-refractivity contribution in [1.82, 2.24) is 5.32 Å². The van der Waals surface area contributed by atoms with Crippen molar-refractivity contribution >= 4 is 23.6 Å². The molecule has 0 aliphatic rings. The van der Waals surface area contributed by atoms with Crippen LogP contribution in [0.3, 0.4) is 0 Å². The van der Waals surface area contributed by atoms with E-state index in [4.69, 9.17) is 34.2 Å². The topological polar surface area (TPSA) is 162 Å². The van der Waals surface area contributed by atoms with Gasteiger partial charge in [-0.3, -0.25) is 14.4 Å². The maximum absolute atomic E-state index is 11.9. The first-order valence-corrected chi connectivity index (χ1v) is 13.8. The van der Waals surface area contributed by atoms with Gasteiger partial charge in [0.1, 0.15) is 31.5 Å². The summed E-state index contributed by atoms with van der Waals surface area (Å²) in [6, 6.07) is 8.54. The summed E-state index contributed by atoms with van der Waals surface area (Å²) in [5, 5.41) is 2.69. The predicted molar refractivity (Wildman–Crippen MR) is 150 cm³/mol. The maximum atomic E-state index is 11.9. The highest BCUT2D eigenvalue weighted by atomic mass is 16.6. The molecule has 232 valence electrons. The lowest BCUT2D eigenvalue weighted by molar-refractivity contribution is -0.156. The number of ether oxygens (including phenoxy) is 6. The average molecular weight is 583 g/mol. The largest absolute Gasteiger partial charge is 0.459 e. The fourth-order valence-electron chi connectivity index (χ4n) is 3.14. The summed E-state index contributed by atoms with van der Waals surface area (Å²) in [5.41, 5.74) is 6.05. The number of carbonyl (C=O) groups excluding carboxylic acids is 4. The first-order valence-electron chi connectivity index (χ1n) is 13.8. The van der Waals surface area contributed by atoms with Crippen molar-refractivity contribution < 1.29 is 47.6 Å². The summed E-state index contributed by atoms with van der Waals surface area (Å²) in [7, 11) is 0. The van der Waals surface area contributed by atoms with E-state index in [0.717, 1.165) is 5.56 Å². The minimum atomic E-state index is -0.849. The van der Waals surface area contributed by atoms with E-state index in [2.05, 4.69) is 5.32 Å². The number of nitrogens with two attached hydrogens (primary N) is 1. The highest BCUT2D eigenvalue weighted by Crippen LogP contribution is 2.09. The van der Waals surface area contributed by atoms with Crippen molar-refractivity contribution in [2.24, 2.45) is 5.73 Å². The number of nitrogens with one attached hydrogen (secondary N) is 1. The number of hydrogen-bond donors (Lipinski definition) is 2. The van der Waals surface area contributed by atoms with Crippen LogP contribution in [-0.4, -0.2) is 94.7 Å². The Hall–Kier alpha value is -2.90. The Labute approximate surface area is 242 Å². The Morgan fingerprint density at radius 1 is 0.829 bits per heavy atom. The van der Waals surface area contributed by atoms with Crippen LogP contribution in [0.1, 0.15) is 52.0 Å². The van der Waals surface area contributed by atoms with Gasteiger partial charge >= 0.3 is 11.9 Å². The molecule has 0 bridgehead atoms. The van der Waals surface area contributed by atoms with Gasteiger partial charge in [-0.1, -0.05) is 30.3 Å². The predicted octanol–water partition coefficient (Wildman–Crippen LogP) is 1.71. The first-order chi connectivity index (χ1) is 19.6. The second kappa shape index (κ2) is 21.8. The van der Waals surface area contributed by atoms with E-state index >= 15 is 0 Å². The zero-order valence-corrected chi connectivity index (χ0v) is 24.5. The van der Waals surface area contributed by atoms with Gasteiger partial charge in [0.2, 0.25) is 5.91 Å². The summed E-state index contributed by atoms with van der Waals surface area (Å²) in [4.78, 5) is 47.2. The van der Waals surface area contributed by atoms with Crippen LogP contribution in [0, 0.1) is 0 Å². The van der Waals surface area contributed by atoms with Gasteiger partial charge in [-0.05, 0) is 39.2 Å². The van der Waals surface area contributed by atoms with Crippen molar-refractivity contribution in [3.8, 4) is 0 Å². The van der Waals surface area contributed by atoms with Gasteiger partial charge in [-0.15, -0.1) is 0 Å². The summed E-state index contributed by atoms with van der Waals surface area (Å²) < 4.78 is 31.6. The number of rotatable bonds is 23. The number of amides is 1. The molecule has 0 spiro atoms. The highest BCUT2D eigenvalue weighted by molar-refractivity contribution is 5.80. The third kappa shape index (κ3) is 21.5. The molecule has 1 aromatic carbocycles. The van der Waals surface area contributed by atoms with Crippen LogP contribution >= 0.6 is 0 Å². The standard InChI is InChI=1S/C29H46N2O10/c1-29(2,3)41-28(35)25(30)11-12-26(33)31-13-15-37-17-18-38-21-24(32)10-7-14-36-16-19-39-22-27(34)40-20-23-8-5-4-6-9-23/h4-6,8-9,25H,7,10-22,30H2,1-3H3,(H,31,33)/t25-/m0/s1. The first kappa shape index (κ1) is 36.1. The minimum absolute atomic E-state index is 0.00773. The lowest BCUT2D eigenvalue weighted by Crippen LogP contribution is -2.38. The summed E-state index contributed by atoms with van der Waals surface area (Å²) >= 11 is 0. The fourth-order valence-corrected chi connectivity index (χ4v) is 3.14. The van der Waals surface area contributed by atoms with Crippen LogP contribution in [0.25, 0.3) is 0 Å². The molecule has 1 amide bonds. The van der Waals surface area contributed by atoms with Crippen LogP contribution in [0.4, 0.5) is 0 Å². The van der Waals surface area contributed by atoms with E-state index in [1.54, 1.807) is 20.8 Å². The maximum Gasteiger partial charge on any atom is 0.332 e. The second-order valence-corrected chi connectivity index (χ2v) is 10.1. The molecule has 1 atom stereocenters. The van der Waals surface area contributed by atoms with Gasteiger partial charge in [-0.2, -0.15) is 0 Å². The van der Waals surface area contributed by atoms with Gasteiger partial charge in [0, 0.05) is 26.0 Å². The smallest absolute Gasteiger partial charge is 0.332 e. The van der Waals surface area contributed by atoms with E-state index in [-0.39, 0.29) is 70.8 Å². The molecule has 0 fully saturated rings. The average Bonchev–Trinajstić information content (AvgIpc) is 2.93. The molecule has 0 saturated heterocycles. The Balaban J connectivity index is 1.86. The molecule has 0 radical (unpaired) electrons. The molecule has 12 nitrogen and oxygen atoms in total. The van der Waals surface area contributed by atoms with Gasteiger partial charge < -0.3 is 39.5 Å². The van der Waals surface area contributed by atoms with Crippen molar-refractivity contribution in [2.75, 3.05) is 59.4 Å². The van der Waals surface area contributed by atoms with Crippen molar-refractivity contribution in [1.29, 1.82) is 0 Å². The van der Waals surface area contributed by atoms with Crippen LogP contribution in [0.2, 0.25) is 0 Å². The molecule has 0 aliphatic carbocycles. The van der Waals surface area contributed by atoms with E-state index in [9.17, 15) is 19.2 Å². The normalized spacial score (nSPS) is 12.0. The zero-order valence-electron chi connectivity index (χ0n) is 24.5. The molecule has 0 aliphatic heterocycles. The van der Waals surface area contributed by atoms with Gasteiger partial charge in [0.25, 0.3) is 0 Å². The number of benzene rings is 1. The monoisotopic (exact) mass is 582 g/mol. The molecule has 1 aromatic rings. The van der Waals surface area contributed by atoms with Crippen LogP contribution in [0.15, 0.2) is 30.3 Å². The van der Waals surface area contributed by atoms with Gasteiger partial charge in [-0.25, -0.2) is 4.79 Å². The molecule has 1 rings (SSSR count). The van der Waals surface area contributed by atoms with Crippen molar-refractivity contribution in [3.05, 3.63) is 35.9 Å². The number of ketones is 1. The summed E-state index contributed by atoms with van der Waals surface area (Å²) in [5.74, 6) is -1.24. The fraction of sp³-hybridized carbons (Fsp3) is 0.655. The van der Waals surface area contributed by atoms with Crippen LogP contribution in [-0.2, 0) is 54.2 Å². The zero-order chi connectivity index (χ0) is 30.3. The Kier molecular flexibility index (Phi) is 19.2. The Bertz CT molecular complexity index is 889. The van der Waals surface area contributed by atoms with E-state index < -0.39 is 23.6 Å². The second-order valence-electron chi connectivity index (χ2n) is 10.1. The number of esters is 2. The molecular weight excluding hydrogens is 536 g/mol. The number of hydrogen-bond acceptors (Lipinski definition) is 11. The minimum Gasteiger partial charge on any atom is -0.459 e. The third-order valence-corrected chi connectivity index (χ3v) is 5.17. The molecule has 3 N–H and O–H groups in total. The van der Waals surface area contributed by atoms with E-state index in [1.165, 1.54) is 0 Å². The van der Waals surface area contributed by atoms with Crippen molar-refractivity contribution in [3.63, 3.8) is 0 Å². The van der Waals surface area contributed by atoms with Crippen LogP contribution in [0.5, 0.6) is 0 Å². The van der Waals surface area contributed by atoms with Gasteiger partial charge in [0.05, 0.1) is 33.0 Å². The number of carbonyl (C=O) groups is 4. The Morgan fingerprint density at radius 2 is 1.46 bits per heavy atom. The molecule has 12 heteroatoms. The number of Topliss-reactive ketones (excluding diaryl/α,β-unsaturated/α-hetero) is 1.